The number of terminal acetylenes is 1. The van der Waals surface area contributed by atoms with Gasteiger partial charge in [0.1, 0.15) is 11.9 Å². The Labute approximate surface area is 141 Å². The highest BCUT2D eigenvalue weighted by atomic mass is 79.9. The van der Waals surface area contributed by atoms with Crippen molar-refractivity contribution in [2.24, 2.45) is 0 Å². The van der Waals surface area contributed by atoms with Crippen LogP contribution in [-0.4, -0.2) is 23.8 Å². The summed E-state index contributed by atoms with van der Waals surface area (Å²) in [5, 5.41) is 0.200. The van der Waals surface area contributed by atoms with Crippen molar-refractivity contribution >= 4 is 37.6 Å². The molecule has 0 radical (unpaired) electrons. The van der Waals surface area contributed by atoms with Crippen molar-refractivity contribution in [3.63, 3.8) is 0 Å². The van der Waals surface area contributed by atoms with Gasteiger partial charge in [0.25, 0.3) is 0 Å². The monoisotopic (exact) mass is 418 g/mol. The van der Waals surface area contributed by atoms with Gasteiger partial charge in [-0.3, -0.25) is 4.79 Å². The van der Waals surface area contributed by atoms with Crippen molar-refractivity contribution in [1.29, 1.82) is 0 Å². The number of rotatable bonds is 8. The van der Waals surface area contributed by atoms with Crippen LogP contribution in [0.4, 0.5) is 4.39 Å². The van der Waals surface area contributed by atoms with Crippen LogP contribution >= 0.6 is 31.9 Å². The molecule has 0 bridgehead atoms. The van der Waals surface area contributed by atoms with Crippen LogP contribution < -0.4 is 0 Å². The molecule has 1 rings (SSSR count). The molecule has 2 atom stereocenters. The number of alkyl halides is 1. The molecule has 0 aromatic heterocycles. The molecule has 21 heavy (non-hydrogen) atoms. The fourth-order valence-electron chi connectivity index (χ4n) is 1.97. The van der Waals surface area contributed by atoms with Crippen molar-refractivity contribution in [3.05, 3.63) is 34.1 Å². The van der Waals surface area contributed by atoms with Crippen molar-refractivity contribution in [2.75, 3.05) is 11.9 Å². The highest BCUT2D eigenvalue weighted by Gasteiger charge is 2.23. The number of carbonyl (C=O) groups is 1. The number of ketones is 1. The third kappa shape index (κ3) is 5.54. The van der Waals surface area contributed by atoms with Gasteiger partial charge in [-0.2, -0.15) is 0 Å². The maximum Gasteiger partial charge on any atom is 0.150 e. The smallest absolute Gasteiger partial charge is 0.150 e. The molecule has 0 saturated carbocycles. The largest absolute Gasteiger partial charge is 0.366 e. The van der Waals surface area contributed by atoms with Gasteiger partial charge in [0.2, 0.25) is 0 Å². The van der Waals surface area contributed by atoms with Gasteiger partial charge in [0.15, 0.2) is 5.78 Å². The van der Waals surface area contributed by atoms with E-state index in [2.05, 4.69) is 37.8 Å². The Kier molecular flexibility index (Phi) is 8.16. The molecule has 0 aliphatic carbocycles. The molecule has 0 aliphatic rings. The van der Waals surface area contributed by atoms with Gasteiger partial charge in [-0.1, -0.05) is 34.0 Å². The highest BCUT2D eigenvalue weighted by Crippen LogP contribution is 2.29. The second kappa shape index (κ2) is 9.34. The van der Waals surface area contributed by atoms with Crippen LogP contribution in [0.15, 0.2) is 22.7 Å². The second-order valence-corrected chi connectivity index (χ2v) is 6.03. The van der Waals surface area contributed by atoms with Gasteiger partial charge in [-0.25, -0.2) is 4.39 Å². The fraction of sp³-hybridized carbons (Fsp3) is 0.438. The van der Waals surface area contributed by atoms with Gasteiger partial charge in [-0.05, 0) is 47.3 Å². The van der Waals surface area contributed by atoms with Crippen molar-refractivity contribution in [3.8, 4) is 12.3 Å². The minimum absolute atomic E-state index is 0.0444. The predicted octanol–water partition coefficient (Wildman–Crippen LogP) is 4.45. The van der Waals surface area contributed by atoms with E-state index in [0.717, 1.165) is 0 Å². The molecule has 0 saturated heterocycles. The second-order valence-electron chi connectivity index (χ2n) is 4.62. The van der Waals surface area contributed by atoms with Gasteiger partial charge in [0, 0.05) is 12.5 Å². The molecule has 0 heterocycles. The summed E-state index contributed by atoms with van der Waals surface area (Å²) in [6.07, 6.45) is 6.13. The van der Waals surface area contributed by atoms with E-state index in [4.69, 9.17) is 11.2 Å². The number of Topliss-reactive ketones (excluding diaryl/α,β-unsaturated/α-hetero) is 1. The Balaban J connectivity index is 2.76. The van der Waals surface area contributed by atoms with E-state index in [1.165, 1.54) is 0 Å². The zero-order valence-corrected chi connectivity index (χ0v) is 14.9. The van der Waals surface area contributed by atoms with Crippen LogP contribution in [0.3, 0.4) is 0 Å². The van der Waals surface area contributed by atoms with E-state index in [0.29, 0.717) is 29.5 Å². The average Bonchev–Trinajstić information content (AvgIpc) is 2.49. The molecule has 2 nitrogen and oxygen atoms in total. The maximum atomic E-state index is 14.2. The van der Waals surface area contributed by atoms with E-state index in [-0.39, 0.29) is 23.0 Å². The molecule has 0 N–H and O–H groups in total. The topological polar surface area (TPSA) is 26.3 Å². The Hall–Kier alpha value is -0.700. The lowest BCUT2D eigenvalue weighted by Gasteiger charge is -2.17. The van der Waals surface area contributed by atoms with Crippen LogP contribution in [0.25, 0.3) is 0 Å². The summed E-state index contributed by atoms with van der Waals surface area (Å²) in [6.45, 7) is 2.24. The zero-order valence-electron chi connectivity index (χ0n) is 11.7. The molecule has 114 valence electrons. The quantitative estimate of drug-likeness (QED) is 0.353. The van der Waals surface area contributed by atoms with Gasteiger partial charge >= 0.3 is 0 Å². The van der Waals surface area contributed by atoms with Crippen LogP contribution in [-0.2, 0) is 9.53 Å². The standard InChI is InChI=1S/C16H17Br2FO2/c1-3-11(2)21-9-5-7-12(15(20)10-17)13-6-4-8-14(18)16(13)19/h1,4,6,8,11-12H,5,7,9-10H2,2H3. The predicted molar refractivity (Wildman–Crippen MR) is 89.1 cm³/mol. The van der Waals surface area contributed by atoms with Crippen LogP contribution in [0.1, 0.15) is 31.2 Å². The van der Waals surface area contributed by atoms with E-state index < -0.39 is 5.92 Å². The summed E-state index contributed by atoms with van der Waals surface area (Å²) in [5.74, 6) is 1.57. The molecule has 1 aromatic carbocycles. The number of benzene rings is 1. The molecule has 5 heteroatoms. The Bertz CT molecular complexity index is 525. The molecule has 0 amide bonds. The van der Waals surface area contributed by atoms with E-state index in [1.54, 1.807) is 25.1 Å². The van der Waals surface area contributed by atoms with Crippen LogP contribution in [0.2, 0.25) is 0 Å². The minimum Gasteiger partial charge on any atom is -0.366 e. The first-order valence-electron chi connectivity index (χ1n) is 6.61. The lowest BCUT2D eigenvalue weighted by atomic mass is 9.90. The van der Waals surface area contributed by atoms with E-state index >= 15 is 0 Å². The maximum absolute atomic E-state index is 14.2. The lowest BCUT2D eigenvalue weighted by molar-refractivity contribution is -0.118. The van der Waals surface area contributed by atoms with E-state index in [9.17, 15) is 9.18 Å². The van der Waals surface area contributed by atoms with Crippen molar-refractivity contribution in [1.82, 2.24) is 0 Å². The van der Waals surface area contributed by atoms with Crippen molar-refractivity contribution in [2.45, 2.75) is 31.8 Å². The van der Waals surface area contributed by atoms with Gasteiger partial charge < -0.3 is 4.74 Å². The van der Waals surface area contributed by atoms with Gasteiger partial charge in [-0.15, -0.1) is 6.42 Å². The summed E-state index contributed by atoms with van der Waals surface area (Å²) < 4.78 is 19.9. The van der Waals surface area contributed by atoms with Crippen molar-refractivity contribution < 1.29 is 13.9 Å². The lowest BCUT2D eigenvalue weighted by Crippen LogP contribution is -2.17. The normalized spacial score (nSPS) is 13.5. The molecule has 0 fully saturated rings. The summed E-state index contributed by atoms with van der Waals surface area (Å²) in [5.41, 5.74) is 0.416. The first-order valence-corrected chi connectivity index (χ1v) is 8.53. The summed E-state index contributed by atoms with van der Waals surface area (Å²) in [7, 11) is 0. The summed E-state index contributed by atoms with van der Waals surface area (Å²) in [4.78, 5) is 12.1. The summed E-state index contributed by atoms with van der Waals surface area (Å²) in [6, 6.07) is 5.00. The van der Waals surface area contributed by atoms with E-state index in [1.807, 2.05) is 0 Å². The molecule has 0 spiro atoms. The molecular formula is C16H17Br2FO2. The number of ether oxygens (including phenoxy) is 1. The Morgan fingerprint density at radius 1 is 1.52 bits per heavy atom. The number of carbonyl (C=O) groups excluding carboxylic acids is 1. The molecule has 0 aliphatic heterocycles. The summed E-state index contributed by atoms with van der Waals surface area (Å²) >= 11 is 6.31. The number of hydrogen-bond acceptors (Lipinski definition) is 2. The Morgan fingerprint density at radius 2 is 2.24 bits per heavy atom. The third-order valence-electron chi connectivity index (χ3n) is 3.12. The fourth-order valence-corrected chi connectivity index (χ4v) is 2.74. The molecule has 1 aromatic rings. The number of halogens is 3. The average molecular weight is 420 g/mol. The van der Waals surface area contributed by atoms with Crippen LogP contribution in [0, 0.1) is 18.2 Å². The third-order valence-corrected chi connectivity index (χ3v) is 4.28. The van der Waals surface area contributed by atoms with Crippen LogP contribution in [0.5, 0.6) is 0 Å². The first-order chi connectivity index (χ1) is 10.0. The molecule has 2 unspecified atom stereocenters. The zero-order chi connectivity index (χ0) is 15.8. The SMILES string of the molecule is C#CC(C)OCCCC(C(=O)CBr)c1cccc(Br)c1F. The Morgan fingerprint density at radius 3 is 2.86 bits per heavy atom. The number of hydrogen-bond donors (Lipinski definition) is 0. The van der Waals surface area contributed by atoms with Gasteiger partial charge in [0.05, 0.1) is 9.80 Å². The molecular weight excluding hydrogens is 403 g/mol. The minimum atomic E-state index is -0.480. The first kappa shape index (κ1) is 18.3. The highest BCUT2D eigenvalue weighted by molar-refractivity contribution is 9.10.